The minimum Gasteiger partial charge on any atom is -0.454 e. The average Bonchev–Trinajstić information content (AvgIpc) is 2.89. The molecule has 0 aliphatic carbocycles. The zero-order valence-electron chi connectivity index (χ0n) is 12.0. The van der Waals surface area contributed by atoms with E-state index in [1.54, 1.807) is 18.2 Å². The Bertz CT molecular complexity index is 459. The summed E-state index contributed by atoms with van der Waals surface area (Å²) in [5.74, 6) is 1.74. The summed E-state index contributed by atoms with van der Waals surface area (Å²) in [6.07, 6.45) is 0.809. The number of fused-ring (bicyclic) bond motifs is 1. The molecule has 0 atom stereocenters. The molecule has 20 heavy (non-hydrogen) atoms. The van der Waals surface area contributed by atoms with E-state index < -0.39 is 0 Å². The second-order valence-corrected chi connectivity index (χ2v) is 5.15. The molecule has 1 aromatic rings. The van der Waals surface area contributed by atoms with Crippen LogP contribution in [-0.2, 0) is 4.74 Å². The van der Waals surface area contributed by atoms with Crippen LogP contribution in [0.3, 0.4) is 0 Å². The summed E-state index contributed by atoms with van der Waals surface area (Å²) in [4.78, 5) is 11.9. The van der Waals surface area contributed by atoms with Gasteiger partial charge in [-0.3, -0.25) is 4.79 Å². The SMILES string of the molecule is CC(C)COCCCNC(=O)c1ccc2c(c1)OCO2. The van der Waals surface area contributed by atoms with Crippen molar-refractivity contribution in [2.24, 2.45) is 5.92 Å². The van der Waals surface area contributed by atoms with Gasteiger partial charge in [0.1, 0.15) is 0 Å². The van der Waals surface area contributed by atoms with Crippen LogP contribution in [0.25, 0.3) is 0 Å². The minimum absolute atomic E-state index is 0.104. The van der Waals surface area contributed by atoms with Crippen LogP contribution in [0.2, 0.25) is 0 Å². The smallest absolute Gasteiger partial charge is 0.251 e. The summed E-state index contributed by atoms with van der Waals surface area (Å²) in [5.41, 5.74) is 0.581. The Labute approximate surface area is 119 Å². The summed E-state index contributed by atoms with van der Waals surface area (Å²) in [6, 6.07) is 5.19. The third-order valence-corrected chi connectivity index (χ3v) is 2.84. The molecule has 0 radical (unpaired) electrons. The first-order chi connectivity index (χ1) is 9.66. The van der Waals surface area contributed by atoms with Gasteiger partial charge in [0.15, 0.2) is 11.5 Å². The van der Waals surface area contributed by atoms with Crippen molar-refractivity contribution in [3.8, 4) is 11.5 Å². The number of hydrogen-bond acceptors (Lipinski definition) is 4. The molecule has 110 valence electrons. The minimum atomic E-state index is -0.104. The van der Waals surface area contributed by atoms with Gasteiger partial charge in [0.05, 0.1) is 0 Å². The molecule has 1 amide bonds. The quantitative estimate of drug-likeness (QED) is 0.777. The van der Waals surface area contributed by atoms with Crippen molar-refractivity contribution in [2.45, 2.75) is 20.3 Å². The number of carbonyl (C=O) groups is 1. The molecule has 1 heterocycles. The third kappa shape index (κ3) is 4.13. The third-order valence-electron chi connectivity index (χ3n) is 2.84. The van der Waals surface area contributed by atoms with Crippen molar-refractivity contribution in [1.29, 1.82) is 0 Å². The van der Waals surface area contributed by atoms with Gasteiger partial charge in [0.25, 0.3) is 5.91 Å². The van der Waals surface area contributed by atoms with Crippen LogP contribution in [0, 0.1) is 5.92 Å². The van der Waals surface area contributed by atoms with E-state index in [0.717, 1.165) is 13.0 Å². The largest absolute Gasteiger partial charge is 0.454 e. The van der Waals surface area contributed by atoms with E-state index in [-0.39, 0.29) is 12.7 Å². The van der Waals surface area contributed by atoms with Gasteiger partial charge in [-0.1, -0.05) is 13.8 Å². The fourth-order valence-corrected chi connectivity index (χ4v) is 1.84. The number of benzene rings is 1. The molecule has 1 aliphatic heterocycles. The Morgan fingerprint density at radius 1 is 1.35 bits per heavy atom. The van der Waals surface area contributed by atoms with Crippen molar-refractivity contribution in [1.82, 2.24) is 5.32 Å². The summed E-state index contributed by atoms with van der Waals surface area (Å²) in [7, 11) is 0. The maximum Gasteiger partial charge on any atom is 0.251 e. The van der Waals surface area contributed by atoms with Gasteiger partial charge in [-0.25, -0.2) is 0 Å². The van der Waals surface area contributed by atoms with Gasteiger partial charge >= 0.3 is 0 Å². The van der Waals surface area contributed by atoms with Crippen molar-refractivity contribution in [3.63, 3.8) is 0 Å². The molecule has 1 N–H and O–H groups in total. The maximum absolute atomic E-state index is 11.9. The molecule has 0 spiro atoms. The van der Waals surface area contributed by atoms with Crippen LogP contribution in [-0.4, -0.2) is 32.5 Å². The van der Waals surface area contributed by atoms with Crippen LogP contribution < -0.4 is 14.8 Å². The summed E-state index contributed by atoms with van der Waals surface area (Å²) < 4.78 is 15.9. The lowest BCUT2D eigenvalue weighted by atomic mass is 10.2. The lowest BCUT2D eigenvalue weighted by Gasteiger charge is -2.08. The molecule has 0 bridgehead atoms. The molecule has 0 fully saturated rings. The first-order valence-electron chi connectivity index (χ1n) is 6.92. The Balaban J connectivity index is 1.70. The van der Waals surface area contributed by atoms with Crippen molar-refractivity contribution >= 4 is 5.91 Å². The average molecular weight is 279 g/mol. The molecule has 0 saturated carbocycles. The van der Waals surface area contributed by atoms with Gasteiger partial charge in [-0.05, 0) is 30.5 Å². The van der Waals surface area contributed by atoms with E-state index >= 15 is 0 Å². The van der Waals surface area contributed by atoms with E-state index in [9.17, 15) is 4.79 Å². The highest BCUT2D eigenvalue weighted by molar-refractivity contribution is 5.94. The van der Waals surface area contributed by atoms with E-state index in [1.165, 1.54) is 0 Å². The standard InChI is InChI=1S/C15H21NO4/c1-11(2)9-18-7-3-6-16-15(17)12-4-5-13-14(8-12)20-10-19-13/h4-5,8,11H,3,6-7,9-10H2,1-2H3,(H,16,17). The normalized spacial score (nSPS) is 12.8. The van der Waals surface area contributed by atoms with Crippen LogP contribution in [0.5, 0.6) is 11.5 Å². The van der Waals surface area contributed by atoms with E-state index in [1.807, 2.05) is 0 Å². The first-order valence-corrected chi connectivity index (χ1v) is 6.92. The molecule has 2 rings (SSSR count). The van der Waals surface area contributed by atoms with E-state index in [2.05, 4.69) is 19.2 Å². The molecule has 0 unspecified atom stereocenters. The Kier molecular flexibility index (Phi) is 5.24. The Hall–Kier alpha value is -1.75. The van der Waals surface area contributed by atoms with Crippen LogP contribution in [0.15, 0.2) is 18.2 Å². The topological polar surface area (TPSA) is 56.8 Å². The summed E-state index contributed by atoms with van der Waals surface area (Å²) >= 11 is 0. The number of nitrogens with one attached hydrogen (secondary N) is 1. The summed E-state index contributed by atoms with van der Waals surface area (Å²) in [6.45, 7) is 6.47. The number of rotatable bonds is 7. The van der Waals surface area contributed by atoms with Gasteiger partial charge in [-0.15, -0.1) is 0 Å². The van der Waals surface area contributed by atoms with Crippen molar-refractivity contribution < 1.29 is 19.0 Å². The number of carbonyl (C=O) groups excluding carboxylic acids is 1. The van der Waals surface area contributed by atoms with E-state index in [0.29, 0.717) is 36.1 Å². The van der Waals surface area contributed by atoms with Gasteiger partial charge < -0.3 is 19.5 Å². The maximum atomic E-state index is 11.9. The molecule has 0 saturated heterocycles. The Morgan fingerprint density at radius 2 is 2.15 bits per heavy atom. The highest BCUT2D eigenvalue weighted by Gasteiger charge is 2.15. The van der Waals surface area contributed by atoms with Gasteiger partial charge in [0.2, 0.25) is 6.79 Å². The molecule has 1 aliphatic rings. The highest BCUT2D eigenvalue weighted by Crippen LogP contribution is 2.32. The monoisotopic (exact) mass is 279 g/mol. The fraction of sp³-hybridized carbons (Fsp3) is 0.533. The zero-order chi connectivity index (χ0) is 14.4. The van der Waals surface area contributed by atoms with Gasteiger partial charge in [0, 0.05) is 25.3 Å². The predicted molar refractivity (Wildman–Crippen MR) is 75.2 cm³/mol. The number of amides is 1. The fourth-order valence-electron chi connectivity index (χ4n) is 1.84. The van der Waals surface area contributed by atoms with E-state index in [4.69, 9.17) is 14.2 Å². The highest BCUT2D eigenvalue weighted by atomic mass is 16.7. The lowest BCUT2D eigenvalue weighted by molar-refractivity contribution is 0.0924. The second kappa shape index (κ2) is 7.14. The number of hydrogen-bond donors (Lipinski definition) is 1. The van der Waals surface area contributed by atoms with Crippen LogP contribution in [0.4, 0.5) is 0 Å². The molecule has 5 heteroatoms. The van der Waals surface area contributed by atoms with Crippen molar-refractivity contribution in [2.75, 3.05) is 26.6 Å². The molecular formula is C15H21NO4. The molecule has 5 nitrogen and oxygen atoms in total. The second-order valence-electron chi connectivity index (χ2n) is 5.15. The number of ether oxygens (including phenoxy) is 3. The zero-order valence-corrected chi connectivity index (χ0v) is 12.0. The molecular weight excluding hydrogens is 258 g/mol. The van der Waals surface area contributed by atoms with Crippen molar-refractivity contribution in [3.05, 3.63) is 23.8 Å². The molecule has 0 aromatic heterocycles. The predicted octanol–water partition coefficient (Wildman–Crippen LogP) is 2.21. The van der Waals surface area contributed by atoms with Crippen LogP contribution in [0.1, 0.15) is 30.6 Å². The Morgan fingerprint density at radius 3 is 2.95 bits per heavy atom. The van der Waals surface area contributed by atoms with Crippen LogP contribution >= 0.6 is 0 Å². The first kappa shape index (κ1) is 14.7. The summed E-state index contributed by atoms with van der Waals surface area (Å²) in [5, 5.41) is 2.86. The lowest BCUT2D eigenvalue weighted by Crippen LogP contribution is -2.25. The molecule has 1 aromatic carbocycles. The van der Waals surface area contributed by atoms with Gasteiger partial charge in [-0.2, -0.15) is 0 Å².